The number of aryl methyl sites for hydroxylation is 2. The lowest BCUT2D eigenvalue weighted by Crippen LogP contribution is -2.30. The molecule has 5 nitrogen and oxygen atoms in total. The van der Waals surface area contributed by atoms with Crippen LogP contribution >= 0.6 is 0 Å². The highest BCUT2D eigenvalue weighted by Crippen LogP contribution is 2.28. The van der Waals surface area contributed by atoms with E-state index in [-0.39, 0.29) is 16.9 Å². The zero-order valence-electron chi connectivity index (χ0n) is 14.8. The van der Waals surface area contributed by atoms with Crippen LogP contribution in [0.5, 0.6) is 5.75 Å². The van der Waals surface area contributed by atoms with Crippen molar-refractivity contribution in [3.05, 3.63) is 75.1 Å². The van der Waals surface area contributed by atoms with Crippen molar-refractivity contribution in [2.24, 2.45) is 0 Å². The summed E-state index contributed by atoms with van der Waals surface area (Å²) in [6.07, 6.45) is 1.65. The van der Waals surface area contributed by atoms with E-state index >= 15 is 0 Å². The Hall–Kier alpha value is -3.08. The van der Waals surface area contributed by atoms with E-state index in [0.29, 0.717) is 30.8 Å². The van der Waals surface area contributed by atoms with Crippen molar-refractivity contribution in [2.45, 2.75) is 26.9 Å². The average molecular weight is 348 g/mol. The van der Waals surface area contributed by atoms with E-state index in [1.54, 1.807) is 6.20 Å². The summed E-state index contributed by atoms with van der Waals surface area (Å²) < 4.78 is 7.63. The lowest BCUT2D eigenvalue weighted by atomic mass is 10.1. The van der Waals surface area contributed by atoms with Gasteiger partial charge in [0.05, 0.1) is 17.4 Å². The smallest absolute Gasteiger partial charge is 0.257 e. The number of nitrogens with one attached hydrogen (secondary N) is 1. The maximum absolute atomic E-state index is 12.9. The Balaban J connectivity index is 1.70. The van der Waals surface area contributed by atoms with E-state index in [2.05, 4.69) is 5.32 Å². The zero-order valence-corrected chi connectivity index (χ0v) is 14.8. The highest BCUT2D eigenvalue weighted by molar-refractivity contribution is 5.98. The minimum Gasteiger partial charge on any atom is -0.490 e. The number of pyridine rings is 1. The van der Waals surface area contributed by atoms with Crippen LogP contribution in [0.15, 0.2) is 47.4 Å². The Bertz CT molecular complexity index is 1070. The molecule has 2 heterocycles. The molecule has 0 saturated carbocycles. The first kappa shape index (κ1) is 16.4. The molecule has 132 valence electrons. The summed E-state index contributed by atoms with van der Waals surface area (Å²) in [6.45, 7) is 5.47. The molecule has 1 aromatic heterocycles. The highest BCUT2D eigenvalue weighted by Gasteiger charge is 2.20. The van der Waals surface area contributed by atoms with Gasteiger partial charge < -0.3 is 14.6 Å². The second-order valence-electron chi connectivity index (χ2n) is 6.74. The van der Waals surface area contributed by atoms with Crippen molar-refractivity contribution in [1.82, 2.24) is 9.88 Å². The Kier molecular flexibility index (Phi) is 3.99. The number of benzene rings is 2. The topological polar surface area (TPSA) is 60.3 Å². The maximum Gasteiger partial charge on any atom is 0.257 e. The molecule has 3 aromatic rings. The van der Waals surface area contributed by atoms with Crippen LogP contribution in [0, 0.1) is 13.8 Å². The van der Waals surface area contributed by atoms with Gasteiger partial charge in [-0.25, -0.2) is 0 Å². The fourth-order valence-corrected chi connectivity index (χ4v) is 3.32. The van der Waals surface area contributed by atoms with Crippen LogP contribution in [-0.4, -0.2) is 17.1 Å². The molecular weight excluding hydrogens is 328 g/mol. The lowest BCUT2D eigenvalue weighted by Gasteiger charge is -2.22. The number of carbonyl (C=O) groups is 1. The van der Waals surface area contributed by atoms with Crippen LogP contribution in [0.2, 0.25) is 0 Å². The van der Waals surface area contributed by atoms with Gasteiger partial charge in [-0.15, -0.1) is 0 Å². The molecule has 2 aromatic carbocycles. The number of carbonyl (C=O) groups excluding carboxylic acids is 1. The molecule has 0 aliphatic carbocycles. The van der Waals surface area contributed by atoms with Crippen LogP contribution in [0.4, 0.5) is 0 Å². The molecule has 1 aliphatic heterocycles. The summed E-state index contributed by atoms with van der Waals surface area (Å²) in [4.78, 5) is 25.5. The molecule has 1 aliphatic rings. The van der Waals surface area contributed by atoms with Gasteiger partial charge >= 0.3 is 0 Å². The fourth-order valence-electron chi connectivity index (χ4n) is 3.32. The zero-order chi connectivity index (χ0) is 18.3. The van der Waals surface area contributed by atoms with Crippen LogP contribution in [0.25, 0.3) is 10.9 Å². The third-order valence-electron chi connectivity index (χ3n) is 4.69. The quantitative estimate of drug-likeness (QED) is 0.792. The number of hydrogen-bond acceptors (Lipinski definition) is 3. The predicted molar refractivity (Wildman–Crippen MR) is 101 cm³/mol. The minimum absolute atomic E-state index is 0.170. The first-order chi connectivity index (χ1) is 12.5. The molecule has 0 radical (unpaired) electrons. The Morgan fingerprint density at radius 3 is 2.69 bits per heavy atom. The summed E-state index contributed by atoms with van der Waals surface area (Å²) in [5.41, 5.74) is 3.78. The van der Waals surface area contributed by atoms with Gasteiger partial charge in [-0.2, -0.15) is 0 Å². The SMILES string of the molecule is Cc1ccc(CNC(=O)c2cn3c4c(cc(C)cc4c2=O)OCC3)cc1. The van der Waals surface area contributed by atoms with Crippen LogP contribution < -0.4 is 15.5 Å². The third-order valence-corrected chi connectivity index (χ3v) is 4.69. The third kappa shape index (κ3) is 2.86. The van der Waals surface area contributed by atoms with E-state index in [4.69, 9.17) is 4.74 Å². The summed E-state index contributed by atoms with van der Waals surface area (Å²) in [7, 11) is 0. The van der Waals surface area contributed by atoms with Gasteiger partial charge in [0, 0.05) is 12.7 Å². The number of amides is 1. The first-order valence-corrected chi connectivity index (χ1v) is 8.67. The van der Waals surface area contributed by atoms with Crippen molar-refractivity contribution >= 4 is 16.8 Å². The molecule has 4 rings (SSSR count). The molecule has 0 spiro atoms. The summed E-state index contributed by atoms with van der Waals surface area (Å²) in [5, 5.41) is 3.39. The van der Waals surface area contributed by atoms with Crippen molar-refractivity contribution in [3.63, 3.8) is 0 Å². The number of nitrogens with zero attached hydrogens (tertiary/aromatic N) is 1. The number of aromatic nitrogens is 1. The first-order valence-electron chi connectivity index (χ1n) is 8.67. The molecule has 0 atom stereocenters. The van der Waals surface area contributed by atoms with Crippen LogP contribution in [0.1, 0.15) is 27.0 Å². The van der Waals surface area contributed by atoms with Gasteiger partial charge in [0.1, 0.15) is 17.9 Å². The standard InChI is InChI=1S/C21H20N2O3/c1-13-3-5-15(6-4-13)11-22-21(25)17-12-23-7-8-26-18-10-14(2)9-16(19(18)23)20(17)24/h3-6,9-10,12H,7-8,11H2,1-2H3,(H,22,25). The highest BCUT2D eigenvalue weighted by atomic mass is 16.5. The fraction of sp³-hybridized carbons (Fsp3) is 0.238. The largest absolute Gasteiger partial charge is 0.490 e. The summed E-state index contributed by atoms with van der Waals surface area (Å²) >= 11 is 0. The van der Waals surface area contributed by atoms with E-state index < -0.39 is 0 Å². The number of ether oxygens (including phenoxy) is 1. The molecule has 0 fully saturated rings. The Labute approximate surface area is 151 Å². The predicted octanol–water partition coefficient (Wildman–Crippen LogP) is 2.94. The van der Waals surface area contributed by atoms with Gasteiger partial charge in [0.25, 0.3) is 5.91 Å². The Morgan fingerprint density at radius 1 is 1.15 bits per heavy atom. The van der Waals surface area contributed by atoms with Gasteiger partial charge in [-0.3, -0.25) is 9.59 Å². The maximum atomic E-state index is 12.9. The molecule has 1 N–H and O–H groups in total. The van der Waals surface area contributed by atoms with Gasteiger partial charge in [-0.1, -0.05) is 29.8 Å². The lowest BCUT2D eigenvalue weighted by molar-refractivity contribution is 0.0949. The second-order valence-corrected chi connectivity index (χ2v) is 6.74. The van der Waals surface area contributed by atoms with Crippen molar-refractivity contribution in [2.75, 3.05) is 6.61 Å². The van der Waals surface area contributed by atoms with E-state index in [0.717, 1.165) is 16.6 Å². The number of rotatable bonds is 3. The summed E-state index contributed by atoms with van der Waals surface area (Å²) in [5.74, 6) is 0.353. The van der Waals surface area contributed by atoms with Crippen LogP contribution in [-0.2, 0) is 13.1 Å². The van der Waals surface area contributed by atoms with Crippen molar-refractivity contribution in [1.29, 1.82) is 0 Å². The van der Waals surface area contributed by atoms with Crippen LogP contribution in [0.3, 0.4) is 0 Å². The minimum atomic E-state index is -0.351. The van der Waals surface area contributed by atoms with Gasteiger partial charge in [0.15, 0.2) is 0 Å². The summed E-state index contributed by atoms with van der Waals surface area (Å²) in [6, 6.07) is 11.7. The van der Waals surface area contributed by atoms with E-state index in [9.17, 15) is 9.59 Å². The van der Waals surface area contributed by atoms with E-state index in [1.807, 2.05) is 54.8 Å². The molecule has 26 heavy (non-hydrogen) atoms. The molecule has 1 amide bonds. The molecular formula is C21H20N2O3. The van der Waals surface area contributed by atoms with Gasteiger partial charge in [0.2, 0.25) is 5.43 Å². The second kappa shape index (κ2) is 6.33. The van der Waals surface area contributed by atoms with Crippen molar-refractivity contribution < 1.29 is 9.53 Å². The molecule has 5 heteroatoms. The molecule has 0 saturated heterocycles. The van der Waals surface area contributed by atoms with Crippen molar-refractivity contribution in [3.8, 4) is 5.75 Å². The normalized spacial score (nSPS) is 12.7. The average Bonchev–Trinajstić information content (AvgIpc) is 2.63. The molecule has 0 bridgehead atoms. The Morgan fingerprint density at radius 2 is 1.92 bits per heavy atom. The molecule has 0 unspecified atom stereocenters. The van der Waals surface area contributed by atoms with Gasteiger partial charge in [-0.05, 0) is 37.1 Å². The number of hydrogen-bond donors (Lipinski definition) is 1. The monoisotopic (exact) mass is 348 g/mol. The van der Waals surface area contributed by atoms with E-state index in [1.165, 1.54) is 5.56 Å².